The largest absolute Gasteiger partial charge is 0.454 e. The highest BCUT2D eigenvalue weighted by Crippen LogP contribution is 2.43. The predicted molar refractivity (Wildman–Crippen MR) is 106 cm³/mol. The molecule has 0 radical (unpaired) electrons. The SMILES string of the molecule is CC(=O)NC[C@H]1[C@H]2C[C@H](CN(Cc3cccc4c3OCO4)C2)[C@@H]2CCCC(=O)N21. The lowest BCUT2D eigenvalue weighted by molar-refractivity contribution is -0.153. The van der Waals surface area contributed by atoms with Crippen LogP contribution >= 0.6 is 0 Å². The number of likely N-dealkylation sites (tertiary alicyclic amines) is 1. The average Bonchev–Trinajstić information content (AvgIpc) is 3.18. The van der Waals surface area contributed by atoms with Crippen molar-refractivity contribution in [3.05, 3.63) is 23.8 Å². The summed E-state index contributed by atoms with van der Waals surface area (Å²) in [6.07, 6.45) is 3.84. The molecule has 1 N–H and O–H groups in total. The average molecular weight is 399 g/mol. The van der Waals surface area contributed by atoms with E-state index in [0.29, 0.717) is 30.8 Å². The quantitative estimate of drug-likeness (QED) is 0.835. The van der Waals surface area contributed by atoms with Crippen LogP contribution in [0.2, 0.25) is 0 Å². The second-order valence-corrected chi connectivity index (χ2v) is 8.87. The van der Waals surface area contributed by atoms with Gasteiger partial charge in [0.15, 0.2) is 11.5 Å². The van der Waals surface area contributed by atoms with E-state index in [1.807, 2.05) is 12.1 Å². The van der Waals surface area contributed by atoms with Crippen molar-refractivity contribution in [2.45, 2.75) is 51.2 Å². The zero-order valence-corrected chi connectivity index (χ0v) is 16.9. The number of benzene rings is 1. The van der Waals surface area contributed by atoms with Gasteiger partial charge in [0.2, 0.25) is 18.6 Å². The summed E-state index contributed by atoms with van der Waals surface area (Å²) in [5.41, 5.74) is 1.16. The molecule has 4 aliphatic rings. The van der Waals surface area contributed by atoms with Crippen LogP contribution in [0.4, 0.5) is 0 Å². The van der Waals surface area contributed by atoms with E-state index < -0.39 is 0 Å². The molecule has 0 spiro atoms. The number of hydrogen-bond acceptors (Lipinski definition) is 5. The summed E-state index contributed by atoms with van der Waals surface area (Å²) in [4.78, 5) is 29.0. The first-order valence-corrected chi connectivity index (χ1v) is 10.8. The van der Waals surface area contributed by atoms with Gasteiger partial charge in [-0.2, -0.15) is 0 Å². The highest BCUT2D eigenvalue weighted by Gasteiger charge is 2.49. The van der Waals surface area contributed by atoms with Crippen molar-refractivity contribution in [3.8, 4) is 11.5 Å². The van der Waals surface area contributed by atoms with Crippen molar-refractivity contribution in [3.63, 3.8) is 0 Å². The van der Waals surface area contributed by atoms with Gasteiger partial charge >= 0.3 is 0 Å². The third kappa shape index (κ3) is 3.45. The molecule has 7 nitrogen and oxygen atoms in total. The van der Waals surface area contributed by atoms with Crippen molar-refractivity contribution < 1.29 is 19.1 Å². The summed E-state index contributed by atoms with van der Waals surface area (Å²) < 4.78 is 11.2. The maximum Gasteiger partial charge on any atom is 0.231 e. The number of nitrogens with zero attached hydrogens (tertiary/aromatic N) is 2. The fourth-order valence-electron chi connectivity index (χ4n) is 5.87. The Morgan fingerprint density at radius 2 is 2.10 bits per heavy atom. The molecule has 2 bridgehead atoms. The minimum Gasteiger partial charge on any atom is -0.454 e. The summed E-state index contributed by atoms with van der Waals surface area (Å²) in [6, 6.07) is 6.48. The highest BCUT2D eigenvalue weighted by atomic mass is 16.7. The third-order valence-corrected chi connectivity index (χ3v) is 7.00. The van der Waals surface area contributed by atoms with Gasteiger partial charge in [-0.1, -0.05) is 12.1 Å². The number of piperidine rings is 3. The van der Waals surface area contributed by atoms with Gasteiger partial charge in [-0.05, 0) is 37.2 Å². The predicted octanol–water partition coefficient (Wildman–Crippen LogP) is 1.75. The van der Waals surface area contributed by atoms with E-state index in [1.165, 1.54) is 0 Å². The Morgan fingerprint density at radius 3 is 2.97 bits per heavy atom. The summed E-state index contributed by atoms with van der Waals surface area (Å²) >= 11 is 0. The first-order chi connectivity index (χ1) is 14.1. The zero-order chi connectivity index (χ0) is 20.0. The lowest BCUT2D eigenvalue weighted by Crippen LogP contribution is -2.66. The monoisotopic (exact) mass is 399 g/mol. The third-order valence-electron chi connectivity index (χ3n) is 7.00. The number of nitrogens with one attached hydrogen (secondary N) is 1. The number of hydrogen-bond donors (Lipinski definition) is 1. The Bertz CT molecular complexity index is 813. The normalized spacial score (nSPS) is 30.8. The van der Waals surface area contributed by atoms with Crippen molar-refractivity contribution in [2.75, 3.05) is 26.4 Å². The van der Waals surface area contributed by atoms with Crippen LogP contribution in [-0.2, 0) is 16.1 Å². The number of carbonyl (C=O) groups is 2. The molecule has 4 atom stereocenters. The van der Waals surface area contributed by atoms with Gasteiger partial charge in [-0.3, -0.25) is 14.5 Å². The van der Waals surface area contributed by atoms with Crippen LogP contribution in [0.15, 0.2) is 18.2 Å². The summed E-state index contributed by atoms with van der Waals surface area (Å²) in [6.45, 7) is 5.15. The summed E-state index contributed by atoms with van der Waals surface area (Å²) in [5, 5.41) is 2.98. The number of carbonyl (C=O) groups excluding carboxylic acids is 2. The fourth-order valence-corrected chi connectivity index (χ4v) is 5.87. The number of amides is 2. The molecular formula is C22H29N3O4. The topological polar surface area (TPSA) is 71.1 Å². The van der Waals surface area contributed by atoms with Crippen LogP contribution in [0.1, 0.15) is 38.2 Å². The Labute approximate surface area is 171 Å². The van der Waals surface area contributed by atoms with Gasteiger partial charge in [-0.25, -0.2) is 0 Å². The number of ether oxygens (including phenoxy) is 2. The van der Waals surface area contributed by atoms with E-state index in [-0.39, 0.29) is 24.6 Å². The van der Waals surface area contributed by atoms with Crippen molar-refractivity contribution in [1.82, 2.24) is 15.1 Å². The minimum absolute atomic E-state index is 0.0298. The minimum atomic E-state index is -0.0298. The van der Waals surface area contributed by atoms with Crippen LogP contribution in [0.3, 0.4) is 0 Å². The molecule has 156 valence electrons. The molecule has 1 aromatic rings. The maximum absolute atomic E-state index is 12.8. The van der Waals surface area contributed by atoms with Gasteiger partial charge in [-0.15, -0.1) is 0 Å². The second kappa shape index (κ2) is 7.52. The highest BCUT2D eigenvalue weighted by molar-refractivity contribution is 5.78. The molecule has 3 saturated heterocycles. The van der Waals surface area contributed by atoms with E-state index >= 15 is 0 Å². The molecule has 4 aliphatic heterocycles. The number of rotatable bonds is 4. The Kier molecular flexibility index (Phi) is 4.86. The van der Waals surface area contributed by atoms with Crippen molar-refractivity contribution in [2.24, 2.45) is 11.8 Å². The zero-order valence-electron chi connectivity index (χ0n) is 16.9. The first kappa shape index (κ1) is 18.7. The maximum atomic E-state index is 12.8. The molecule has 0 saturated carbocycles. The van der Waals surface area contributed by atoms with E-state index in [2.05, 4.69) is 21.2 Å². The Balaban J connectivity index is 1.37. The van der Waals surface area contributed by atoms with E-state index in [1.54, 1.807) is 6.92 Å². The van der Waals surface area contributed by atoms with Gasteiger partial charge in [0.05, 0.1) is 6.04 Å². The molecule has 0 aromatic heterocycles. The Morgan fingerprint density at radius 1 is 1.24 bits per heavy atom. The number of para-hydroxylation sites is 1. The molecule has 29 heavy (non-hydrogen) atoms. The van der Waals surface area contributed by atoms with Gasteiger partial charge in [0.1, 0.15) is 0 Å². The summed E-state index contributed by atoms with van der Waals surface area (Å²) in [7, 11) is 0. The second-order valence-electron chi connectivity index (χ2n) is 8.87. The van der Waals surface area contributed by atoms with E-state index in [4.69, 9.17) is 9.47 Å². The molecule has 2 amide bonds. The van der Waals surface area contributed by atoms with Gasteiger partial charge < -0.3 is 19.7 Å². The fraction of sp³-hybridized carbons (Fsp3) is 0.636. The van der Waals surface area contributed by atoms with Crippen LogP contribution < -0.4 is 14.8 Å². The smallest absolute Gasteiger partial charge is 0.231 e. The summed E-state index contributed by atoms with van der Waals surface area (Å²) in [5.74, 6) is 2.82. The molecule has 3 fully saturated rings. The lowest BCUT2D eigenvalue weighted by Gasteiger charge is -2.56. The van der Waals surface area contributed by atoms with Crippen LogP contribution in [0.25, 0.3) is 0 Å². The lowest BCUT2D eigenvalue weighted by atomic mass is 9.72. The standard InChI is InChI=1S/C22H29N3O4/c1-14(26)23-9-19-17-8-16(18-5-3-7-21(27)25(18)19)11-24(12-17)10-15-4-2-6-20-22(15)29-13-28-20/h2,4,6,16-19H,3,5,7-13H2,1H3,(H,23,26)/t16-,17+,18+,19+/m1/s1. The van der Waals surface area contributed by atoms with Crippen LogP contribution in [0.5, 0.6) is 11.5 Å². The van der Waals surface area contributed by atoms with E-state index in [9.17, 15) is 9.59 Å². The van der Waals surface area contributed by atoms with Gasteiger partial charge in [0.25, 0.3) is 0 Å². The Hall–Kier alpha value is -2.28. The van der Waals surface area contributed by atoms with Crippen LogP contribution in [0, 0.1) is 11.8 Å². The molecule has 1 aromatic carbocycles. The molecule has 7 heteroatoms. The molecule has 0 unspecified atom stereocenters. The van der Waals surface area contributed by atoms with Crippen LogP contribution in [-0.4, -0.2) is 60.1 Å². The molecule has 5 rings (SSSR count). The first-order valence-electron chi connectivity index (χ1n) is 10.8. The van der Waals surface area contributed by atoms with Crippen molar-refractivity contribution in [1.29, 1.82) is 0 Å². The molecule has 4 heterocycles. The molecule has 0 aliphatic carbocycles. The van der Waals surface area contributed by atoms with Gasteiger partial charge in [0, 0.05) is 51.1 Å². The molecular weight excluding hydrogens is 370 g/mol. The number of fused-ring (bicyclic) bond motifs is 5. The van der Waals surface area contributed by atoms with Crippen molar-refractivity contribution >= 4 is 11.8 Å². The van der Waals surface area contributed by atoms with E-state index in [0.717, 1.165) is 56.0 Å².